The monoisotopic (exact) mass is 691 g/mol. The van der Waals surface area contributed by atoms with E-state index in [9.17, 15) is 23.1 Å². The topological polar surface area (TPSA) is 125 Å². The Kier molecular flexibility index (Phi) is 13.5. The van der Waals surface area contributed by atoms with Gasteiger partial charge in [0.15, 0.2) is 0 Å². The summed E-state index contributed by atoms with van der Waals surface area (Å²) in [7, 11) is -2.32. The van der Waals surface area contributed by atoms with Crippen LogP contribution in [0.3, 0.4) is 0 Å². The van der Waals surface area contributed by atoms with Gasteiger partial charge >= 0.3 is 0 Å². The lowest BCUT2D eigenvalue weighted by Crippen LogP contribution is -2.48. The van der Waals surface area contributed by atoms with Crippen molar-refractivity contribution in [3.05, 3.63) is 53.1 Å². The van der Waals surface area contributed by atoms with Gasteiger partial charge in [-0.05, 0) is 88.4 Å². The van der Waals surface area contributed by atoms with Crippen LogP contribution in [0, 0.1) is 11.8 Å². The minimum Gasteiger partial charge on any atom is -0.490 e. The van der Waals surface area contributed by atoms with Crippen molar-refractivity contribution in [2.75, 3.05) is 38.7 Å². The van der Waals surface area contributed by atoms with Gasteiger partial charge in [-0.2, -0.15) is 4.31 Å². The number of sulfonamides is 1. The molecule has 0 aromatic heterocycles. The van der Waals surface area contributed by atoms with Crippen molar-refractivity contribution in [2.45, 2.75) is 95.3 Å². The highest BCUT2D eigenvalue weighted by molar-refractivity contribution is 7.89. The third-order valence-electron chi connectivity index (χ3n) is 9.25. The molecule has 4 atom stereocenters. The van der Waals surface area contributed by atoms with E-state index in [1.165, 1.54) is 35.6 Å². The quantitative estimate of drug-likeness (QED) is 0.349. The van der Waals surface area contributed by atoms with Crippen LogP contribution in [0.1, 0.15) is 82.5 Å². The molecule has 2 aromatic carbocycles. The van der Waals surface area contributed by atoms with Gasteiger partial charge in [0.1, 0.15) is 5.75 Å². The number of ether oxygens (including phenoxy) is 2. The molecular formula is C35H50ClN3O7S. The molecular weight excluding hydrogens is 642 g/mol. The molecule has 4 rings (SSSR count). The van der Waals surface area contributed by atoms with E-state index in [0.29, 0.717) is 28.6 Å². The standard InChI is InChI=1S/C35H50ClN3O7S/c1-24-21-39(25(2)23-40)35(42)31-20-29(37-34(41)27-11-6-5-7-12-27)15-18-32(31)46-26(3)10-8-9-19-45-33(24)22-38(4)47(43,44)30-16-13-28(36)14-17-30/h13-18,20,24-27,33,40H,5-12,19,21-23H2,1-4H3,(H,37,41)/t24-,25+,26-,33+/m0/s1. The maximum Gasteiger partial charge on any atom is 0.258 e. The van der Waals surface area contributed by atoms with E-state index in [1.54, 1.807) is 30.0 Å². The number of hydrogen-bond acceptors (Lipinski definition) is 7. The number of carbonyl (C=O) groups excluding carboxylic acids is 2. The first-order valence-electron chi connectivity index (χ1n) is 16.8. The Labute approximate surface area is 284 Å². The molecule has 1 aliphatic heterocycles. The zero-order chi connectivity index (χ0) is 34.1. The van der Waals surface area contributed by atoms with Gasteiger partial charge in [-0.1, -0.05) is 37.8 Å². The van der Waals surface area contributed by atoms with Gasteiger partial charge in [0.05, 0.1) is 35.3 Å². The molecule has 0 saturated heterocycles. The van der Waals surface area contributed by atoms with Crippen LogP contribution in [-0.2, 0) is 19.6 Å². The predicted molar refractivity (Wildman–Crippen MR) is 183 cm³/mol. The van der Waals surface area contributed by atoms with Crippen LogP contribution in [0.2, 0.25) is 5.02 Å². The van der Waals surface area contributed by atoms with Gasteiger partial charge in [-0.15, -0.1) is 0 Å². The van der Waals surface area contributed by atoms with Gasteiger partial charge in [-0.3, -0.25) is 9.59 Å². The Bertz CT molecular complexity index is 1450. The summed E-state index contributed by atoms with van der Waals surface area (Å²) in [5.74, 6) is -0.336. The number of benzene rings is 2. The second kappa shape index (κ2) is 17.1. The average Bonchev–Trinajstić information content (AvgIpc) is 3.06. The average molecular weight is 692 g/mol. The van der Waals surface area contributed by atoms with Crippen LogP contribution in [-0.4, -0.2) is 86.1 Å². The minimum atomic E-state index is -3.83. The van der Waals surface area contributed by atoms with Gasteiger partial charge in [0.25, 0.3) is 5.91 Å². The number of carbonyl (C=O) groups is 2. The Hall–Kier alpha value is -2.70. The summed E-state index contributed by atoms with van der Waals surface area (Å²) in [5.41, 5.74) is 0.813. The molecule has 2 amide bonds. The number of fused-ring (bicyclic) bond motifs is 1. The smallest absolute Gasteiger partial charge is 0.258 e. The fraction of sp³-hybridized carbons (Fsp3) is 0.600. The SMILES string of the molecule is C[C@H](CO)N1C[C@H](C)[C@@H](CN(C)S(=O)(=O)c2ccc(Cl)cc2)OCCCC[C@H](C)Oc2ccc(NC(=O)C3CCCCC3)cc2C1=O. The molecule has 0 spiro atoms. The molecule has 47 heavy (non-hydrogen) atoms. The van der Waals surface area contributed by atoms with Crippen LogP contribution in [0.4, 0.5) is 5.69 Å². The molecule has 0 unspecified atom stereocenters. The van der Waals surface area contributed by atoms with E-state index >= 15 is 0 Å². The van der Waals surface area contributed by atoms with Crippen LogP contribution in [0.25, 0.3) is 0 Å². The maximum absolute atomic E-state index is 14.4. The molecule has 2 N–H and O–H groups in total. The first-order chi connectivity index (χ1) is 22.4. The lowest BCUT2D eigenvalue weighted by atomic mass is 9.88. The number of nitrogens with zero attached hydrogens (tertiary/aromatic N) is 2. The molecule has 1 aliphatic carbocycles. The van der Waals surface area contributed by atoms with Gasteiger partial charge in [0.2, 0.25) is 15.9 Å². The maximum atomic E-state index is 14.4. The largest absolute Gasteiger partial charge is 0.490 e. The molecule has 1 saturated carbocycles. The second-order valence-electron chi connectivity index (χ2n) is 13.1. The molecule has 1 heterocycles. The van der Waals surface area contributed by atoms with Crippen molar-refractivity contribution in [3.63, 3.8) is 0 Å². The van der Waals surface area contributed by atoms with Crippen LogP contribution < -0.4 is 10.1 Å². The lowest BCUT2D eigenvalue weighted by Gasteiger charge is -2.35. The minimum absolute atomic E-state index is 0.0425. The number of likely N-dealkylation sites (N-methyl/N-ethyl adjacent to an activating group) is 1. The molecule has 12 heteroatoms. The molecule has 0 radical (unpaired) electrons. The van der Waals surface area contributed by atoms with Crippen LogP contribution in [0.15, 0.2) is 47.4 Å². The van der Waals surface area contributed by atoms with Gasteiger partial charge in [0, 0.05) is 49.3 Å². The third-order valence-corrected chi connectivity index (χ3v) is 11.3. The molecule has 0 bridgehead atoms. The highest BCUT2D eigenvalue weighted by Crippen LogP contribution is 2.30. The van der Waals surface area contributed by atoms with Crippen molar-refractivity contribution in [1.82, 2.24) is 9.21 Å². The number of amides is 2. The first kappa shape index (κ1) is 37.1. The van der Waals surface area contributed by atoms with Crippen molar-refractivity contribution in [3.8, 4) is 5.75 Å². The van der Waals surface area contributed by atoms with Crippen molar-refractivity contribution in [2.24, 2.45) is 11.8 Å². The van der Waals surface area contributed by atoms with E-state index in [0.717, 1.165) is 51.4 Å². The number of aliphatic hydroxyl groups excluding tert-OH is 1. The summed E-state index contributed by atoms with van der Waals surface area (Å²) in [6.07, 6.45) is 6.47. The number of nitrogens with one attached hydrogen (secondary N) is 1. The van der Waals surface area contributed by atoms with E-state index in [2.05, 4.69) is 5.32 Å². The van der Waals surface area contributed by atoms with Crippen LogP contribution in [0.5, 0.6) is 5.75 Å². The first-order valence-corrected chi connectivity index (χ1v) is 18.6. The van der Waals surface area contributed by atoms with Crippen molar-refractivity contribution < 1.29 is 32.6 Å². The summed E-state index contributed by atoms with van der Waals surface area (Å²) < 4.78 is 40.7. The zero-order valence-corrected chi connectivity index (χ0v) is 29.6. The number of rotatable bonds is 8. The number of anilines is 1. The normalized spacial score (nSPS) is 23.0. The molecule has 2 aliphatic rings. The Morgan fingerprint density at radius 3 is 2.43 bits per heavy atom. The summed E-state index contributed by atoms with van der Waals surface area (Å²) in [4.78, 5) is 29.1. The van der Waals surface area contributed by atoms with E-state index in [4.69, 9.17) is 21.1 Å². The van der Waals surface area contributed by atoms with Gasteiger partial charge < -0.3 is 24.8 Å². The van der Waals surface area contributed by atoms with Gasteiger partial charge in [-0.25, -0.2) is 8.42 Å². The fourth-order valence-corrected chi connectivity index (χ4v) is 7.52. The highest BCUT2D eigenvalue weighted by Gasteiger charge is 2.33. The fourth-order valence-electron chi connectivity index (χ4n) is 6.21. The van der Waals surface area contributed by atoms with E-state index < -0.39 is 22.2 Å². The van der Waals surface area contributed by atoms with E-state index in [1.807, 2.05) is 13.8 Å². The summed E-state index contributed by atoms with van der Waals surface area (Å²) in [6, 6.07) is 10.6. The number of halogens is 1. The lowest BCUT2D eigenvalue weighted by molar-refractivity contribution is -0.120. The number of hydrogen-bond donors (Lipinski definition) is 2. The summed E-state index contributed by atoms with van der Waals surface area (Å²) in [6.45, 7) is 6.03. The Morgan fingerprint density at radius 2 is 1.74 bits per heavy atom. The molecule has 1 fully saturated rings. The van der Waals surface area contributed by atoms with Crippen LogP contribution >= 0.6 is 11.6 Å². The van der Waals surface area contributed by atoms with Crippen molar-refractivity contribution in [1.29, 1.82) is 0 Å². The Morgan fingerprint density at radius 1 is 1.06 bits per heavy atom. The summed E-state index contributed by atoms with van der Waals surface area (Å²) in [5, 5.41) is 13.7. The molecule has 2 aromatic rings. The Balaban J connectivity index is 1.62. The molecule has 10 nitrogen and oxygen atoms in total. The predicted octanol–water partition coefficient (Wildman–Crippen LogP) is 5.98. The molecule has 260 valence electrons. The third kappa shape index (κ3) is 9.92. The van der Waals surface area contributed by atoms with E-state index in [-0.39, 0.29) is 54.3 Å². The highest BCUT2D eigenvalue weighted by atomic mass is 35.5. The zero-order valence-electron chi connectivity index (χ0n) is 28.0. The summed E-state index contributed by atoms with van der Waals surface area (Å²) >= 11 is 5.99. The van der Waals surface area contributed by atoms with Crippen molar-refractivity contribution >= 4 is 39.1 Å². The second-order valence-corrected chi connectivity index (χ2v) is 15.6. The number of aliphatic hydroxyl groups is 1.